The molecule has 0 radical (unpaired) electrons. The highest BCUT2D eigenvalue weighted by Gasteiger charge is 2.28. The Kier molecular flexibility index (Phi) is 3.79. The van der Waals surface area contributed by atoms with Gasteiger partial charge in [0.05, 0.1) is 11.4 Å². The van der Waals surface area contributed by atoms with E-state index >= 15 is 0 Å². The molecule has 0 fully saturated rings. The summed E-state index contributed by atoms with van der Waals surface area (Å²) in [7, 11) is 0. The van der Waals surface area contributed by atoms with Crippen molar-refractivity contribution in [2.45, 2.75) is 26.8 Å². The lowest BCUT2D eigenvalue weighted by molar-refractivity contribution is 0.0728. The Balaban J connectivity index is 1.45. The minimum Gasteiger partial charge on any atom is -0.358 e. The molecule has 5 rings (SSSR count). The molecule has 0 saturated carbocycles. The molecule has 1 N–H and O–H groups in total. The van der Waals surface area contributed by atoms with Crippen molar-refractivity contribution in [2.24, 2.45) is 0 Å². The molecule has 3 heterocycles. The van der Waals surface area contributed by atoms with Crippen molar-refractivity contribution in [1.82, 2.24) is 24.9 Å². The Morgan fingerprint density at radius 1 is 1.07 bits per heavy atom. The van der Waals surface area contributed by atoms with Gasteiger partial charge in [0.25, 0.3) is 5.91 Å². The van der Waals surface area contributed by atoms with Crippen molar-refractivity contribution in [3.8, 4) is 5.69 Å². The first-order chi connectivity index (χ1) is 13.6. The van der Waals surface area contributed by atoms with Crippen LogP contribution in [0.1, 0.15) is 33.0 Å². The molecule has 6 nitrogen and oxygen atoms in total. The lowest BCUT2D eigenvalue weighted by Gasteiger charge is -2.26. The summed E-state index contributed by atoms with van der Waals surface area (Å²) in [4.78, 5) is 18.5. The molecule has 0 unspecified atom stereocenters. The molecule has 2 aromatic heterocycles. The fourth-order valence-corrected chi connectivity index (χ4v) is 3.95. The van der Waals surface area contributed by atoms with Crippen LogP contribution in [0.4, 0.5) is 0 Å². The summed E-state index contributed by atoms with van der Waals surface area (Å²) in [5.41, 5.74) is 6.84. The third kappa shape index (κ3) is 2.60. The molecule has 0 atom stereocenters. The van der Waals surface area contributed by atoms with E-state index in [4.69, 9.17) is 0 Å². The number of nitrogens with zero attached hydrogens (tertiary/aromatic N) is 4. The summed E-state index contributed by atoms with van der Waals surface area (Å²) in [5.74, 6) is -0.0632. The second-order valence-electron chi connectivity index (χ2n) is 7.38. The molecule has 1 amide bonds. The Morgan fingerprint density at radius 2 is 1.86 bits per heavy atom. The molecule has 1 aliphatic rings. The third-order valence-corrected chi connectivity index (χ3v) is 5.55. The van der Waals surface area contributed by atoms with E-state index in [1.165, 1.54) is 22.2 Å². The SMILES string of the molecule is Cc1ccc(-n2nnc(C(=O)N3CCc4[nH]c5ccccc5c4C3)c2C)cc1. The van der Waals surface area contributed by atoms with Crippen LogP contribution in [0.3, 0.4) is 0 Å². The van der Waals surface area contributed by atoms with Crippen LogP contribution in [-0.2, 0) is 13.0 Å². The first kappa shape index (κ1) is 16.7. The molecule has 0 spiro atoms. The largest absolute Gasteiger partial charge is 0.358 e. The summed E-state index contributed by atoms with van der Waals surface area (Å²) in [6.07, 6.45) is 0.820. The number of hydrogen-bond donors (Lipinski definition) is 1. The van der Waals surface area contributed by atoms with Crippen LogP contribution in [0.5, 0.6) is 0 Å². The maximum atomic E-state index is 13.2. The first-order valence-corrected chi connectivity index (χ1v) is 9.49. The van der Waals surface area contributed by atoms with Crippen LogP contribution in [-0.4, -0.2) is 37.3 Å². The van der Waals surface area contributed by atoms with Gasteiger partial charge in [-0.05, 0) is 32.0 Å². The Labute approximate surface area is 162 Å². The average molecular weight is 371 g/mol. The highest BCUT2D eigenvalue weighted by molar-refractivity contribution is 5.94. The summed E-state index contributed by atoms with van der Waals surface area (Å²) < 4.78 is 1.73. The molecule has 0 bridgehead atoms. The van der Waals surface area contributed by atoms with Crippen LogP contribution < -0.4 is 0 Å². The first-order valence-electron chi connectivity index (χ1n) is 9.49. The summed E-state index contributed by atoms with van der Waals surface area (Å²) in [6, 6.07) is 16.3. The van der Waals surface area contributed by atoms with Crippen molar-refractivity contribution in [3.05, 3.63) is 76.7 Å². The van der Waals surface area contributed by atoms with Gasteiger partial charge in [-0.15, -0.1) is 5.10 Å². The normalized spacial score (nSPS) is 13.7. The zero-order valence-corrected chi connectivity index (χ0v) is 15.9. The fraction of sp³-hybridized carbons (Fsp3) is 0.227. The van der Waals surface area contributed by atoms with Crippen molar-refractivity contribution < 1.29 is 4.79 Å². The number of aromatic amines is 1. The monoisotopic (exact) mass is 371 g/mol. The predicted molar refractivity (Wildman–Crippen MR) is 108 cm³/mol. The maximum absolute atomic E-state index is 13.2. The summed E-state index contributed by atoms with van der Waals surface area (Å²) in [6.45, 7) is 5.21. The van der Waals surface area contributed by atoms with E-state index in [1.54, 1.807) is 4.68 Å². The molecule has 28 heavy (non-hydrogen) atoms. The van der Waals surface area contributed by atoms with Crippen molar-refractivity contribution in [2.75, 3.05) is 6.54 Å². The van der Waals surface area contributed by atoms with E-state index in [9.17, 15) is 4.79 Å². The van der Waals surface area contributed by atoms with Crippen LogP contribution in [0.25, 0.3) is 16.6 Å². The van der Waals surface area contributed by atoms with Gasteiger partial charge in [-0.2, -0.15) is 0 Å². The van der Waals surface area contributed by atoms with Gasteiger partial charge < -0.3 is 9.88 Å². The average Bonchev–Trinajstić information content (AvgIpc) is 3.28. The van der Waals surface area contributed by atoms with E-state index in [0.717, 1.165) is 23.3 Å². The van der Waals surface area contributed by atoms with E-state index < -0.39 is 0 Å². The van der Waals surface area contributed by atoms with E-state index in [-0.39, 0.29) is 5.91 Å². The number of para-hydroxylation sites is 1. The zero-order chi connectivity index (χ0) is 19.3. The highest BCUT2D eigenvalue weighted by atomic mass is 16.2. The van der Waals surface area contributed by atoms with E-state index in [0.29, 0.717) is 18.8 Å². The van der Waals surface area contributed by atoms with Crippen molar-refractivity contribution >= 4 is 16.8 Å². The maximum Gasteiger partial charge on any atom is 0.276 e. The van der Waals surface area contributed by atoms with Gasteiger partial charge in [-0.25, -0.2) is 4.68 Å². The van der Waals surface area contributed by atoms with Gasteiger partial charge in [-0.1, -0.05) is 41.1 Å². The number of aromatic nitrogens is 4. The van der Waals surface area contributed by atoms with Crippen LogP contribution in [0.2, 0.25) is 0 Å². The van der Waals surface area contributed by atoms with Gasteiger partial charge in [0.15, 0.2) is 5.69 Å². The van der Waals surface area contributed by atoms with Gasteiger partial charge in [0.1, 0.15) is 0 Å². The minimum atomic E-state index is -0.0632. The fourth-order valence-electron chi connectivity index (χ4n) is 3.95. The molecule has 140 valence electrons. The van der Waals surface area contributed by atoms with Crippen molar-refractivity contribution in [1.29, 1.82) is 0 Å². The molecule has 4 aromatic rings. The summed E-state index contributed by atoms with van der Waals surface area (Å²) >= 11 is 0. The summed E-state index contributed by atoms with van der Waals surface area (Å²) in [5, 5.41) is 9.63. The molecule has 0 aliphatic carbocycles. The number of carbonyl (C=O) groups is 1. The number of carbonyl (C=O) groups excluding carboxylic acids is 1. The molecule has 6 heteroatoms. The van der Waals surface area contributed by atoms with Gasteiger partial charge in [-0.3, -0.25) is 4.79 Å². The Morgan fingerprint density at radius 3 is 2.68 bits per heavy atom. The lowest BCUT2D eigenvalue weighted by Crippen LogP contribution is -2.36. The van der Waals surface area contributed by atoms with Gasteiger partial charge in [0.2, 0.25) is 0 Å². The second-order valence-corrected chi connectivity index (χ2v) is 7.38. The highest BCUT2D eigenvalue weighted by Crippen LogP contribution is 2.28. The molecule has 0 saturated heterocycles. The number of amides is 1. The second kappa shape index (κ2) is 6.34. The predicted octanol–water partition coefficient (Wildman–Crippen LogP) is 3.56. The number of nitrogens with one attached hydrogen (secondary N) is 1. The lowest BCUT2D eigenvalue weighted by atomic mass is 10.0. The number of aryl methyl sites for hydroxylation is 1. The van der Waals surface area contributed by atoms with E-state index in [2.05, 4.69) is 27.4 Å². The van der Waals surface area contributed by atoms with Crippen LogP contribution >= 0.6 is 0 Å². The Hall–Kier alpha value is -3.41. The van der Waals surface area contributed by atoms with Gasteiger partial charge >= 0.3 is 0 Å². The number of H-pyrrole nitrogens is 1. The van der Waals surface area contributed by atoms with E-state index in [1.807, 2.05) is 55.1 Å². The zero-order valence-electron chi connectivity index (χ0n) is 15.9. The molecule has 1 aliphatic heterocycles. The Bertz CT molecular complexity index is 1190. The minimum absolute atomic E-state index is 0.0632. The number of hydrogen-bond acceptors (Lipinski definition) is 3. The molecule has 2 aromatic carbocycles. The molecular weight excluding hydrogens is 350 g/mol. The topological polar surface area (TPSA) is 66.8 Å². The van der Waals surface area contributed by atoms with Crippen LogP contribution in [0, 0.1) is 13.8 Å². The smallest absolute Gasteiger partial charge is 0.276 e. The number of benzene rings is 2. The van der Waals surface area contributed by atoms with Crippen LogP contribution in [0.15, 0.2) is 48.5 Å². The standard InChI is InChI=1S/C22H21N5O/c1-14-7-9-16(10-8-14)27-15(2)21(24-25-27)22(28)26-12-11-20-18(13-26)17-5-3-4-6-19(17)23-20/h3-10,23H,11-13H2,1-2H3. The van der Waals surface area contributed by atoms with Crippen molar-refractivity contribution in [3.63, 3.8) is 0 Å². The number of fused-ring (bicyclic) bond motifs is 3. The third-order valence-electron chi connectivity index (χ3n) is 5.55. The molecular formula is C22H21N5O. The quantitative estimate of drug-likeness (QED) is 0.586. The van der Waals surface area contributed by atoms with Gasteiger partial charge in [0, 0.05) is 41.7 Å². The number of rotatable bonds is 2.